The second-order valence-electron chi connectivity index (χ2n) is 7.88. The molecule has 0 atom stereocenters. The van der Waals surface area contributed by atoms with Crippen molar-refractivity contribution in [2.75, 3.05) is 12.4 Å². The summed E-state index contributed by atoms with van der Waals surface area (Å²) in [6, 6.07) is 9.82. The molecule has 0 saturated heterocycles. The van der Waals surface area contributed by atoms with Gasteiger partial charge in [-0.3, -0.25) is 4.79 Å². The van der Waals surface area contributed by atoms with E-state index < -0.39 is 0 Å². The summed E-state index contributed by atoms with van der Waals surface area (Å²) in [7, 11) is 0. The molecule has 7 heteroatoms. The summed E-state index contributed by atoms with van der Waals surface area (Å²) in [5.41, 5.74) is 3.42. The molecule has 0 saturated carbocycles. The van der Waals surface area contributed by atoms with Crippen LogP contribution in [-0.4, -0.2) is 32.9 Å². The first kappa shape index (κ1) is 21.2. The Morgan fingerprint density at radius 1 is 1.17 bits per heavy atom. The van der Waals surface area contributed by atoms with Crippen molar-refractivity contribution in [3.05, 3.63) is 53.2 Å². The largest absolute Gasteiger partial charge is 0.494 e. The summed E-state index contributed by atoms with van der Waals surface area (Å²) < 4.78 is 13.3. The zero-order valence-electron chi connectivity index (χ0n) is 17.8. The number of carbonyl (C=O) groups is 1. The van der Waals surface area contributed by atoms with Gasteiger partial charge in [0.25, 0.3) is 5.22 Å². The fraction of sp³-hybridized carbons (Fsp3) is 0.409. The minimum Gasteiger partial charge on any atom is -0.494 e. The predicted octanol–water partition coefficient (Wildman–Crippen LogP) is 5.15. The number of Topliss-reactive ketones (excluding diaryl/α,β-unsaturated/α-hetero) is 1. The molecule has 0 unspecified atom stereocenters. The molecule has 0 bridgehead atoms. The molecule has 29 heavy (non-hydrogen) atoms. The van der Waals surface area contributed by atoms with Gasteiger partial charge < -0.3 is 13.7 Å². The summed E-state index contributed by atoms with van der Waals surface area (Å²) in [6.45, 7) is 12.6. The Bertz CT molecular complexity index is 997. The maximum absolute atomic E-state index is 12.8. The third-order valence-corrected chi connectivity index (χ3v) is 5.33. The Hall–Kier alpha value is -2.54. The Balaban J connectivity index is 1.75. The number of rotatable bonds is 7. The lowest BCUT2D eigenvalue weighted by atomic mass is 9.97. The van der Waals surface area contributed by atoms with Crippen molar-refractivity contribution < 1.29 is 13.9 Å². The fourth-order valence-corrected chi connectivity index (χ4v) is 3.72. The molecule has 3 rings (SSSR count). The highest BCUT2D eigenvalue weighted by atomic mass is 32.2. The second-order valence-corrected chi connectivity index (χ2v) is 8.81. The summed E-state index contributed by atoms with van der Waals surface area (Å²) in [6.07, 6.45) is 0. The highest BCUT2D eigenvalue weighted by Crippen LogP contribution is 2.27. The van der Waals surface area contributed by atoms with Crippen molar-refractivity contribution in [3.63, 3.8) is 0 Å². The van der Waals surface area contributed by atoms with Gasteiger partial charge >= 0.3 is 0 Å². The first-order chi connectivity index (χ1) is 13.7. The monoisotopic (exact) mass is 413 g/mol. The fourth-order valence-electron chi connectivity index (χ4n) is 3.08. The van der Waals surface area contributed by atoms with Gasteiger partial charge in [-0.1, -0.05) is 32.5 Å². The Morgan fingerprint density at radius 2 is 1.86 bits per heavy atom. The minimum atomic E-state index is -0.210. The molecular weight excluding hydrogens is 386 g/mol. The van der Waals surface area contributed by atoms with Gasteiger partial charge in [0.1, 0.15) is 5.75 Å². The van der Waals surface area contributed by atoms with Gasteiger partial charge in [-0.05, 0) is 51.1 Å². The molecule has 0 radical (unpaired) electrons. The number of aromatic nitrogens is 3. The number of thioether (sulfide) groups is 1. The Kier molecular flexibility index (Phi) is 6.17. The maximum Gasteiger partial charge on any atom is 0.277 e. The van der Waals surface area contributed by atoms with Crippen molar-refractivity contribution in [2.45, 2.75) is 52.2 Å². The van der Waals surface area contributed by atoms with E-state index in [1.165, 1.54) is 11.8 Å². The van der Waals surface area contributed by atoms with E-state index in [9.17, 15) is 4.79 Å². The molecule has 0 amide bonds. The van der Waals surface area contributed by atoms with E-state index in [1.807, 2.05) is 71.9 Å². The van der Waals surface area contributed by atoms with Gasteiger partial charge in [0.15, 0.2) is 5.78 Å². The molecule has 0 aliphatic carbocycles. The third kappa shape index (κ3) is 4.72. The van der Waals surface area contributed by atoms with E-state index in [0.717, 1.165) is 22.8 Å². The SMILES string of the molecule is CCOc1ccc(-n2c(C)cc(C(=O)CSc3nnc(C(C)(C)C)o3)c2C)cc1. The van der Waals surface area contributed by atoms with Gasteiger partial charge in [0.2, 0.25) is 5.89 Å². The quantitative estimate of drug-likeness (QED) is 0.394. The van der Waals surface area contributed by atoms with Crippen molar-refractivity contribution in [1.29, 1.82) is 0 Å². The molecule has 0 fully saturated rings. The first-order valence-electron chi connectivity index (χ1n) is 9.63. The zero-order chi connectivity index (χ0) is 21.2. The van der Waals surface area contributed by atoms with E-state index in [2.05, 4.69) is 14.8 Å². The molecular formula is C22H27N3O3S. The maximum atomic E-state index is 12.8. The van der Waals surface area contributed by atoms with Crippen LogP contribution in [0.2, 0.25) is 0 Å². The van der Waals surface area contributed by atoms with E-state index in [1.54, 1.807) is 0 Å². The highest BCUT2D eigenvalue weighted by Gasteiger charge is 2.23. The lowest BCUT2D eigenvalue weighted by molar-refractivity contribution is 0.102. The lowest BCUT2D eigenvalue weighted by Gasteiger charge is -2.11. The second kappa shape index (κ2) is 8.45. The average Bonchev–Trinajstić information content (AvgIpc) is 3.26. The van der Waals surface area contributed by atoms with Crippen LogP contribution in [0.1, 0.15) is 55.3 Å². The topological polar surface area (TPSA) is 70.2 Å². The highest BCUT2D eigenvalue weighted by molar-refractivity contribution is 7.99. The van der Waals surface area contributed by atoms with Crippen LogP contribution >= 0.6 is 11.8 Å². The van der Waals surface area contributed by atoms with Crippen LogP contribution in [0.5, 0.6) is 5.75 Å². The number of aryl methyl sites for hydroxylation is 1. The van der Waals surface area contributed by atoms with E-state index >= 15 is 0 Å². The number of ether oxygens (including phenoxy) is 1. The summed E-state index contributed by atoms with van der Waals surface area (Å²) in [4.78, 5) is 12.8. The van der Waals surface area contributed by atoms with Crippen LogP contribution in [0.3, 0.4) is 0 Å². The van der Waals surface area contributed by atoms with Crippen molar-refractivity contribution in [2.24, 2.45) is 0 Å². The number of nitrogens with zero attached hydrogens (tertiary/aromatic N) is 3. The van der Waals surface area contributed by atoms with Crippen LogP contribution in [0.4, 0.5) is 0 Å². The van der Waals surface area contributed by atoms with E-state index in [4.69, 9.17) is 9.15 Å². The summed E-state index contributed by atoms with van der Waals surface area (Å²) in [5, 5.41) is 8.53. The number of hydrogen-bond donors (Lipinski definition) is 0. The number of ketones is 1. The summed E-state index contributed by atoms with van der Waals surface area (Å²) in [5.74, 6) is 1.69. The number of carbonyl (C=O) groups excluding carboxylic acids is 1. The smallest absolute Gasteiger partial charge is 0.277 e. The predicted molar refractivity (Wildman–Crippen MR) is 114 cm³/mol. The van der Waals surface area contributed by atoms with Gasteiger partial charge in [-0.2, -0.15) is 0 Å². The zero-order valence-corrected chi connectivity index (χ0v) is 18.6. The van der Waals surface area contributed by atoms with Crippen molar-refractivity contribution in [1.82, 2.24) is 14.8 Å². The molecule has 2 aromatic heterocycles. The van der Waals surface area contributed by atoms with Gasteiger partial charge in [-0.25, -0.2) is 0 Å². The van der Waals surface area contributed by atoms with Gasteiger partial charge in [0, 0.05) is 28.1 Å². The van der Waals surface area contributed by atoms with Crippen LogP contribution in [0.15, 0.2) is 40.0 Å². The van der Waals surface area contributed by atoms with Crippen LogP contribution in [0.25, 0.3) is 5.69 Å². The summed E-state index contributed by atoms with van der Waals surface area (Å²) >= 11 is 1.27. The molecule has 3 aromatic rings. The first-order valence-corrected chi connectivity index (χ1v) is 10.6. The molecule has 1 aromatic carbocycles. The number of benzene rings is 1. The molecule has 0 aliphatic heterocycles. The van der Waals surface area contributed by atoms with Crippen LogP contribution in [-0.2, 0) is 5.41 Å². The third-order valence-electron chi connectivity index (χ3n) is 4.51. The Morgan fingerprint density at radius 3 is 2.45 bits per heavy atom. The normalized spacial score (nSPS) is 11.7. The lowest BCUT2D eigenvalue weighted by Crippen LogP contribution is -2.11. The molecule has 0 spiro atoms. The van der Waals surface area contributed by atoms with Crippen molar-refractivity contribution in [3.8, 4) is 11.4 Å². The minimum absolute atomic E-state index is 0.0378. The van der Waals surface area contributed by atoms with Crippen molar-refractivity contribution >= 4 is 17.5 Å². The van der Waals surface area contributed by atoms with E-state index in [-0.39, 0.29) is 17.0 Å². The average molecular weight is 414 g/mol. The Labute approximate surface area is 175 Å². The molecule has 154 valence electrons. The van der Waals surface area contributed by atoms with Crippen LogP contribution < -0.4 is 4.74 Å². The molecule has 2 heterocycles. The molecule has 0 aliphatic rings. The van der Waals surface area contributed by atoms with Gasteiger partial charge in [-0.15, -0.1) is 10.2 Å². The standard InChI is InChI=1S/C22H27N3O3S/c1-7-27-17-10-8-16(9-11-17)25-14(2)12-18(15(25)3)19(26)13-29-21-24-23-20(28-21)22(4,5)6/h8-12H,7,13H2,1-6H3. The van der Waals surface area contributed by atoms with E-state index in [0.29, 0.717) is 23.3 Å². The van der Waals surface area contributed by atoms with Gasteiger partial charge in [0.05, 0.1) is 12.4 Å². The number of hydrogen-bond acceptors (Lipinski definition) is 6. The van der Waals surface area contributed by atoms with Crippen LogP contribution in [0, 0.1) is 13.8 Å². The molecule has 6 nitrogen and oxygen atoms in total. The molecule has 0 N–H and O–H groups in total.